The number of aromatic nitrogens is 2. The van der Waals surface area contributed by atoms with Crippen LogP contribution in [0.2, 0.25) is 0 Å². The van der Waals surface area contributed by atoms with Gasteiger partial charge in [0.05, 0.1) is 18.7 Å². The molecule has 0 aliphatic rings. The molecule has 0 atom stereocenters. The number of rotatable bonds is 6. The molecule has 0 radical (unpaired) electrons. The molecule has 2 rings (SSSR count). The average Bonchev–Trinajstić information content (AvgIpc) is 2.98. The maximum atomic E-state index is 11.5. The first-order valence-electron chi connectivity index (χ1n) is 5.98. The molecule has 0 saturated carbocycles. The molecule has 0 bridgehead atoms. The van der Waals surface area contributed by atoms with Crippen molar-refractivity contribution >= 4 is 35.0 Å². The lowest BCUT2D eigenvalue weighted by atomic mass is 10.3. The molecule has 21 heavy (non-hydrogen) atoms. The lowest BCUT2D eigenvalue weighted by Crippen LogP contribution is -2.04. The summed E-state index contributed by atoms with van der Waals surface area (Å²) in [6, 6.07) is 0. The molecule has 9 heteroatoms. The van der Waals surface area contributed by atoms with Crippen LogP contribution in [0.25, 0.3) is 0 Å². The molecule has 0 fully saturated rings. The Labute approximate surface area is 128 Å². The highest BCUT2D eigenvalue weighted by molar-refractivity contribution is 8.00. The summed E-state index contributed by atoms with van der Waals surface area (Å²) in [6.45, 7) is 3.72. The van der Waals surface area contributed by atoms with E-state index in [9.17, 15) is 9.59 Å². The zero-order valence-corrected chi connectivity index (χ0v) is 12.9. The van der Waals surface area contributed by atoms with E-state index in [1.165, 1.54) is 17.6 Å². The first kappa shape index (κ1) is 15.5. The summed E-state index contributed by atoms with van der Waals surface area (Å²) in [7, 11) is 0. The van der Waals surface area contributed by atoms with Gasteiger partial charge < -0.3 is 14.3 Å². The second kappa shape index (κ2) is 6.72. The quantitative estimate of drug-likeness (QED) is 0.806. The molecule has 0 aliphatic heterocycles. The van der Waals surface area contributed by atoms with Gasteiger partial charge in [-0.3, -0.25) is 4.79 Å². The monoisotopic (exact) mass is 328 g/mol. The fourth-order valence-electron chi connectivity index (χ4n) is 1.42. The third-order valence-corrected chi connectivity index (χ3v) is 4.41. The van der Waals surface area contributed by atoms with E-state index in [-0.39, 0.29) is 23.9 Å². The van der Waals surface area contributed by atoms with Crippen LogP contribution >= 0.6 is 23.1 Å². The molecule has 0 amide bonds. The molecule has 2 heterocycles. The number of carbonyl (C=O) groups is 2. The van der Waals surface area contributed by atoms with Crippen LogP contribution in [0.1, 0.15) is 28.0 Å². The number of aliphatic carboxylic acids is 1. The third-order valence-electron chi connectivity index (χ3n) is 2.33. The summed E-state index contributed by atoms with van der Waals surface area (Å²) >= 11 is 2.40. The summed E-state index contributed by atoms with van der Waals surface area (Å²) in [4.78, 5) is 31.1. The fraction of sp³-hybridized carbons (Fsp3) is 0.333. The van der Waals surface area contributed by atoms with Crippen LogP contribution in [-0.4, -0.2) is 33.6 Å². The summed E-state index contributed by atoms with van der Waals surface area (Å²) in [6.07, 6.45) is 1.16. The number of hydrogen-bond donors (Lipinski definition) is 1. The predicted molar refractivity (Wildman–Crippen MR) is 74.8 cm³/mol. The zero-order valence-electron chi connectivity index (χ0n) is 11.3. The Morgan fingerprint density at radius 3 is 2.90 bits per heavy atom. The minimum atomic E-state index is -0.904. The van der Waals surface area contributed by atoms with E-state index in [2.05, 4.69) is 9.97 Å². The number of ether oxygens (including phenoxy) is 1. The van der Waals surface area contributed by atoms with Crippen molar-refractivity contribution in [2.24, 2.45) is 0 Å². The molecular formula is C12H12N2O5S2. The van der Waals surface area contributed by atoms with Gasteiger partial charge in [-0.2, -0.15) is 4.98 Å². The number of carboxylic acids is 1. The van der Waals surface area contributed by atoms with Gasteiger partial charge in [0, 0.05) is 16.6 Å². The largest absolute Gasteiger partial charge is 0.481 e. The molecule has 0 spiro atoms. The molecule has 0 aliphatic carbocycles. The van der Waals surface area contributed by atoms with Crippen LogP contribution < -0.4 is 0 Å². The van der Waals surface area contributed by atoms with Crippen LogP contribution in [0.4, 0.5) is 0 Å². The molecular weight excluding hydrogens is 316 g/mol. The van der Waals surface area contributed by atoms with Gasteiger partial charge in [-0.05, 0) is 13.8 Å². The number of thiazole rings is 1. The highest BCUT2D eigenvalue weighted by Gasteiger charge is 2.17. The van der Waals surface area contributed by atoms with Crippen molar-refractivity contribution in [1.82, 2.24) is 9.97 Å². The molecule has 1 N–H and O–H groups in total. The fourth-order valence-corrected chi connectivity index (χ4v) is 3.46. The van der Waals surface area contributed by atoms with Gasteiger partial charge in [0.2, 0.25) is 0 Å². The molecule has 0 saturated heterocycles. The zero-order chi connectivity index (χ0) is 15.4. The van der Waals surface area contributed by atoms with Gasteiger partial charge in [0.25, 0.3) is 5.22 Å². The normalized spacial score (nSPS) is 10.6. The van der Waals surface area contributed by atoms with Crippen LogP contribution in [0.5, 0.6) is 0 Å². The topological polar surface area (TPSA) is 103 Å². The molecule has 112 valence electrons. The number of nitrogens with zero attached hydrogens (tertiary/aromatic N) is 2. The number of aryl methyl sites for hydroxylation is 1. The summed E-state index contributed by atoms with van der Waals surface area (Å²) in [5, 5.41) is 9.05. The molecule has 0 unspecified atom stereocenters. The molecule has 7 nitrogen and oxygen atoms in total. The second-order valence-corrected chi connectivity index (χ2v) is 6.16. The number of oxazole rings is 1. The Balaban J connectivity index is 2.08. The number of hydrogen-bond acceptors (Lipinski definition) is 8. The van der Waals surface area contributed by atoms with Crippen LogP contribution in [-0.2, 0) is 16.0 Å². The lowest BCUT2D eigenvalue weighted by Gasteiger charge is -1.94. The van der Waals surface area contributed by atoms with Gasteiger partial charge >= 0.3 is 11.9 Å². The van der Waals surface area contributed by atoms with Crippen molar-refractivity contribution in [3.63, 3.8) is 0 Å². The van der Waals surface area contributed by atoms with Crippen molar-refractivity contribution in [2.75, 3.05) is 6.61 Å². The van der Waals surface area contributed by atoms with Gasteiger partial charge in [0.1, 0.15) is 6.26 Å². The maximum absolute atomic E-state index is 11.5. The summed E-state index contributed by atoms with van der Waals surface area (Å²) < 4.78 is 10.6. The summed E-state index contributed by atoms with van der Waals surface area (Å²) in [5.74, 6) is -1.45. The number of carboxylic acid groups (broad SMARTS) is 1. The second-order valence-electron chi connectivity index (χ2n) is 3.88. The third kappa shape index (κ3) is 4.05. The average molecular weight is 328 g/mol. The van der Waals surface area contributed by atoms with E-state index >= 15 is 0 Å². The van der Waals surface area contributed by atoms with Crippen LogP contribution in [0.3, 0.4) is 0 Å². The van der Waals surface area contributed by atoms with E-state index in [4.69, 9.17) is 14.3 Å². The molecule has 2 aromatic heterocycles. The van der Waals surface area contributed by atoms with E-state index in [1.807, 2.05) is 0 Å². The Morgan fingerprint density at radius 1 is 1.48 bits per heavy atom. The Bertz CT molecular complexity index is 664. The Morgan fingerprint density at radius 2 is 2.24 bits per heavy atom. The predicted octanol–water partition coefficient (Wildman–Crippen LogP) is 2.39. The van der Waals surface area contributed by atoms with Crippen molar-refractivity contribution in [3.8, 4) is 0 Å². The minimum absolute atomic E-state index is 0.0658. The van der Waals surface area contributed by atoms with Crippen molar-refractivity contribution < 1.29 is 23.8 Å². The van der Waals surface area contributed by atoms with Crippen LogP contribution in [0, 0.1) is 6.92 Å². The summed E-state index contributed by atoms with van der Waals surface area (Å²) in [5.41, 5.74) is 0.764. The van der Waals surface area contributed by atoms with Crippen molar-refractivity contribution in [2.45, 2.75) is 29.8 Å². The van der Waals surface area contributed by atoms with Gasteiger partial charge in [0.15, 0.2) is 10.0 Å². The number of carbonyl (C=O) groups excluding carboxylic acids is 1. The first-order chi connectivity index (χ1) is 9.99. The van der Waals surface area contributed by atoms with E-state index in [0.29, 0.717) is 14.9 Å². The van der Waals surface area contributed by atoms with Crippen LogP contribution in [0.15, 0.2) is 20.2 Å². The smallest absolute Gasteiger partial charge is 0.360 e. The van der Waals surface area contributed by atoms with Gasteiger partial charge in [-0.25, -0.2) is 9.78 Å². The van der Waals surface area contributed by atoms with Gasteiger partial charge in [-0.1, -0.05) is 0 Å². The minimum Gasteiger partial charge on any atom is -0.481 e. The standard InChI is InChI=1S/C12H12N2O5S2/c1-3-18-10(17)7-5-19-11(14-7)21-12-13-6(2)8(20-12)4-9(15)16/h5H,3-4H2,1-2H3,(H,15,16). The SMILES string of the molecule is CCOC(=O)c1coc(Sc2nc(C)c(CC(=O)O)s2)n1. The van der Waals surface area contributed by atoms with Gasteiger partial charge in [-0.15, -0.1) is 11.3 Å². The molecule has 2 aromatic rings. The maximum Gasteiger partial charge on any atom is 0.360 e. The van der Waals surface area contributed by atoms with Crippen molar-refractivity contribution in [3.05, 3.63) is 22.5 Å². The Kier molecular flexibility index (Phi) is 4.97. The number of esters is 1. The first-order valence-corrected chi connectivity index (χ1v) is 7.61. The highest BCUT2D eigenvalue weighted by atomic mass is 32.2. The van der Waals surface area contributed by atoms with E-state index in [0.717, 1.165) is 11.8 Å². The highest BCUT2D eigenvalue weighted by Crippen LogP contribution is 2.32. The van der Waals surface area contributed by atoms with E-state index < -0.39 is 11.9 Å². The van der Waals surface area contributed by atoms with E-state index in [1.54, 1.807) is 13.8 Å². The van der Waals surface area contributed by atoms with Crippen molar-refractivity contribution in [1.29, 1.82) is 0 Å². The molecule has 0 aromatic carbocycles. The lowest BCUT2D eigenvalue weighted by molar-refractivity contribution is -0.136. The Hall–Kier alpha value is -1.87.